The van der Waals surface area contributed by atoms with Crippen LogP contribution in [0.25, 0.3) is 16.9 Å². The van der Waals surface area contributed by atoms with Crippen molar-refractivity contribution in [3.05, 3.63) is 59.8 Å². The fourth-order valence-corrected chi connectivity index (χ4v) is 4.66. The number of imidazole rings is 1. The molecule has 0 radical (unpaired) electrons. The lowest BCUT2D eigenvalue weighted by molar-refractivity contribution is -0.141. The quantitative estimate of drug-likeness (QED) is 0.193. The lowest BCUT2D eigenvalue weighted by Crippen LogP contribution is -2.51. The number of carbonyl (C=O) groups excluding carboxylic acids is 2. The van der Waals surface area contributed by atoms with Crippen LogP contribution < -0.4 is 21.3 Å². The van der Waals surface area contributed by atoms with Crippen molar-refractivity contribution in [2.45, 2.75) is 45.0 Å². The first-order valence-corrected chi connectivity index (χ1v) is 13.5. The van der Waals surface area contributed by atoms with Crippen LogP contribution in [-0.4, -0.2) is 68.1 Å². The molecule has 43 heavy (non-hydrogen) atoms. The van der Waals surface area contributed by atoms with Gasteiger partial charge in [0.05, 0.1) is 24.0 Å². The molecule has 4 aromatic rings. The van der Waals surface area contributed by atoms with E-state index in [1.807, 2.05) is 6.92 Å². The second-order valence-electron chi connectivity index (χ2n) is 9.89. The van der Waals surface area contributed by atoms with E-state index in [4.69, 9.17) is 0 Å². The highest BCUT2D eigenvalue weighted by molar-refractivity contribution is 5.98. The number of nitrogens with zero attached hydrogens (tertiary/aromatic N) is 5. The highest BCUT2D eigenvalue weighted by atomic mass is 19.4. The maximum atomic E-state index is 13.7. The lowest BCUT2D eigenvalue weighted by atomic mass is 10.0. The first kappa shape index (κ1) is 29.9. The maximum absolute atomic E-state index is 13.7. The molecule has 4 heterocycles. The largest absolute Gasteiger partial charge is 0.435 e. The van der Waals surface area contributed by atoms with Gasteiger partial charge in [-0.1, -0.05) is 6.92 Å². The third-order valence-electron chi connectivity index (χ3n) is 6.93. The Labute approximate surface area is 241 Å². The summed E-state index contributed by atoms with van der Waals surface area (Å²) in [7, 11) is 0. The van der Waals surface area contributed by atoms with Crippen molar-refractivity contribution in [2.24, 2.45) is 0 Å². The minimum Gasteiger partial charge on any atom is -0.353 e. The first-order valence-electron chi connectivity index (χ1n) is 13.5. The standard InChI is InChI=1S/C27H28F5N9O2/c1-2-15-9-16(3-4-18(15)26(43)37-12-22(42)35-10-17-5-6-33-17)38-24-25-36-11-20(41(25)8-7-34-24)19-13-40(14-21(28)29)39-23(19)27(30,31)32/h3-4,7-9,11,13,17,21,33H,2,5-6,10,12,14H2,1H3,(H,34,38)(H,35,42)(H,37,43). The van der Waals surface area contributed by atoms with Crippen molar-refractivity contribution in [3.63, 3.8) is 0 Å². The molecule has 16 heteroatoms. The van der Waals surface area contributed by atoms with E-state index >= 15 is 0 Å². The molecule has 0 saturated carbocycles. The van der Waals surface area contributed by atoms with Gasteiger partial charge in [-0.2, -0.15) is 18.3 Å². The predicted octanol–water partition coefficient (Wildman–Crippen LogP) is 3.39. The van der Waals surface area contributed by atoms with Crippen LogP contribution in [0.3, 0.4) is 0 Å². The minimum absolute atomic E-state index is 0.0115. The van der Waals surface area contributed by atoms with Gasteiger partial charge in [-0.05, 0) is 43.1 Å². The average Bonchev–Trinajstić information content (AvgIpc) is 3.55. The van der Waals surface area contributed by atoms with Crippen LogP contribution in [0.15, 0.2) is 43.0 Å². The molecule has 0 aliphatic carbocycles. The highest BCUT2D eigenvalue weighted by Crippen LogP contribution is 2.37. The Kier molecular flexibility index (Phi) is 8.57. The molecule has 1 unspecified atom stereocenters. The zero-order valence-corrected chi connectivity index (χ0v) is 22.9. The number of halogens is 5. The Hall–Kier alpha value is -4.60. The third kappa shape index (κ3) is 6.74. The number of nitrogens with one attached hydrogen (secondary N) is 4. The Morgan fingerprint density at radius 1 is 1.19 bits per heavy atom. The molecular weight excluding hydrogens is 577 g/mol. The number of carbonyl (C=O) groups is 2. The van der Waals surface area contributed by atoms with Gasteiger partial charge in [0.15, 0.2) is 17.2 Å². The number of amides is 2. The van der Waals surface area contributed by atoms with Crippen LogP contribution in [0.5, 0.6) is 0 Å². The van der Waals surface area contributed by atoms with Crippen LogP contribution in [0.1, 0.15) is 35.0 Å². The van der Waals surface area contributed by atoms with E-state index in [0.29, 0.717) is 34.5 Å². The molecule has 4 N–H and O–H groups in total. The Morgan fingerprint density at radius 2 is 1.98 bits per heavy atom. The van der Waals surface area contributed by atoms with Gasteiger partial charge in [0, 0.05) is 42.4 Å². The van der Waals surface area contributed by atoms with Crippen LogP contribution in [0.2, 0.25) is 0 Å². The summed E-state index contributed by atoms with van der Waals surface area (Å²) >= 11 is 0. The fraction of sp³-hybridized carbons (Fsp3) is 0.370. The maximum Gasteiger partial charge on any atom is 0.435 e. The number of hydrogen-bond acceptors (Lipinski definition) is 7. The smallest absolute Gasteiger partial charge is 0.353 e. The van der Waals surface area contributed by atoms with Crippen molar-refractivity contribution in [2.75, 3.05) is 25.0 Å². The third-order valence-corrected chi connectivity index (χ3v) is 6.93. The molecule has 0 spiro atoms. The molecule has 11 nitrogen and oxygen atoms in total. The summed E-state index contributed by atoms with van der Waals surface area (Å²) in [5.41, 5.74) is 0.0447. The van der Waals surface area contributed by atoms with Crippen LogP contribution in [0.4, 0.5) is 33.5 Å². The van der Waals surface area contributed by atoms with E-state index in [9.17, 15) is 31.5 Å². The number of rotatable bonds is 11. The Balaban J connectivity index is 1.34. The van der Waals surface area contributed by atoms with Crippen molar-refractivity contribution < 1.29 is 31.5 Å². The molecule has 1 saturated heterocycles. The first-order chi connectivity index (χ1) is 20.5. The molecule has 1 aromatic carbocycles. The van der Waals surface area contributed by atoms with Gasteiger partial charge in [0.2, 0.25) is 5.91 Å². The minimum atomic E-state index is -4.89. The average molecular weight is 606 g/mol. The van der Waals surface area contributed by atoms with E-state index in [2.05, 4.69) is 36.3 Å². The van der Waals surface area contributed by atoms with E-state index in [1.165, 1.54) is 23.0 Å². The van der Waals surface area contributed by atoms with Gasteiger partial charge in [-0.15, -0.1) is 0 Å². The predicted molar refractivity (Wildman–Crippen MR) is 146 cm³/mol. The molecule has 1 aliphatic heterocycles. The Bertz CT molecular complexity index is 1630. The number of alkyl halides is 5. The summed E-state index contributed by atoms with van der Waals surface area (Å²) in [5.74, 6) is -0.495. The van der Waals surface area contributed by atoms with Crippen molar-refractivity contribution in [1.82, 2.24) is 40.1 Å². The number of anilines is 2. The Morgan fingerprint density at radius 3 is 2.65 bits per heavy atom. The molecule has 5 rings (SSSR count). The number of benzene rings is 1. The summed E-state index contributed by atoms with van der Waals surface area (Å²) < 4.78 is 68.8. The molecule has 2 amide bonds. The molecule has 1 fully saturated rings. The van der Waals surface area contributed by atoms with Gasteiger partial charge in [0.1, 0.15) is 6.54 Å². The van der Waals surface area contributed by atoms with E-state index in [0.717, 1.165) is 19.2 Å². The van der Waals surface area contributed by atoms with E-state index in [-0.39, 0.29) is 35.7 Å². The zero-order valence-electron chi connectivity index (χ0n) is 22.9. The van der Waals surface area contributed by atoms with Gasteiger partial charge < -0.3 is 21.3 Å². The van der Waals surface area contributed by atoms with E-state index in [1.54, 1.807) is 18.2 Å². The fourth-order valence-electron chi connectivity index (χ4n) is 4.66. The monoisotopic (exact) mass is 605 g/mol. The molecule has 1 atom stereocenters. The number of hydrogen-bond donors (Lipinski definition) is 4. The van der Waals surface area contributed by atoms with Crippen molar-refractivity contribution in [1.29, 1.82) is 0 Å². The second-order valence-corrected chi connectivity index (χ2v) is 9.89. The zero-order chi connectivity index (χ0) is 30.7. The highest BCUT2D eigenvalue weighted by Gasteiger charge is 2.38. The number of aryl methyl sites for hydroxylation is 1. The molecule has 228 valence electrons. The van der Waals surface area contributed by atoms with Crippen molar-refractivity contribution >= 4 is 29.0 Å². The SMILES string of the molecule is CCc1cc(Nc2nccn3c(-c4cn(CC(F)F)nc4C(F)(F)F)cnc23)ccc1C(=O)NCC(=O)NCC1CCN1. The van der Waals surface area contributed by atoms with Gasteiger partial charge in [0.25, 0.3) is 12.3 Å². The number of aromatic nitrogens is 5. The normalized spacial score (nSPS) is 15.0. The van der Waals surface area contributed by atoms with Gasteiger partial charge in [-0.3, -0.25) is 18.7 Å². The van der Waals surface area contributed by atoms with E-state index < -0.39 is 36.3 Å². The topological polar surface area (TPSA) is 130 Å². The molecule has 1 aliphatic rings. The van der Waals surface area contributed by atoms with Crippen LogP contribution in [0, 0.1) is 0 Å². The summed E-state index contributed by atoms with van der Waals surface area (Å²) in [4.78, 5) is 33.4. The van der Waals surface area contributed by atoms with Gasteiger partial charge in [-0.25, -0.2) is 18.7 Å². The second kappa shape index (κ2) is 12.3. The molecule has 3 aromatic heterocycles. The summed E-state index contributed by atoms with van der Waals surface area (Å²) in [6, 6.07) is 5.20. The van der Waals surface area contributed by atoms with Gasteiger partial charge >= 0.3 is 6.18 Å². The summed E-state index contributed by atoms with van der Waals surface area (Å²) in [6.07, 6.45) is -1.44. The van der Waals surface area contributed by atoms with Crippen LogP contribution >= 0.6 is 0 Å². The summed E-state index contributed by atoms with van der Waals surface area (Å²) in [6.45, 7) is 2.13. The molecular formula is C27H28F5N9O2. The number of fused-ring (bicyclic) bond motifs is 1. The summed E-state index contributed by atoms with van der Waals surface area (Å²) in [5, 5.41) is 15.0. The molecule has 0 bridgehead atoms. The van der Waals surface area contributed by atoms with Crippen LogP contribution in [-0.2, 0) is 23.9 Å². The lowest BCUT2D eigenvalue weighted by Gasteiger charge is -2.27. The van der Waals surface area contributed by atoms with Crippen molar-refractivity contribution in [3.8, 4) is 11.3 Å².